The molecular weight excluding hydrogens is 224 g/mol. The molecule has 0 saturated carbocycles. The van der Waals surface area contributed by atoms with Gasteiger partial charge in [0.15, 0.2) is 0 Å². The van der Waals surface area contributed by atoms with Gasteiger partial charge in [0, 0.05) is 0 Å². The van der Waals surface area contributed by atoms with E-state index >= 15 is 0 Å². The molecule has 0 aliphatic heterocycles. The minimum absolute atomic E-state index is 0.140. The quantitative estimate of drug-likeness (QED) is 0.305. The molecule has 0 unspecified atom stereocenters. The first kappa shape index (κ1) is 15.9. The average molecular weight is 234 g/mol. The van der Waals surface area contributed by atoms with Crippen LogP contribution in [0.4, 0.5) is 0 Å². The maximum Gasteiger partial charge on any atom is 0.215 e. The van der Waals surface area contributed by atoms with E-state index in [1.807, 2.05) is 30.3 Å². The Labute approximate surface area is 87.0 Å². The molecule has 0 saturated heterocycles. The summed E-state index contributed by atoms with van der Waals surface area (Å²) in [4.78, 5) is 0. The van der Waals surface area contributed by atoms with E-state index in [1.165, 1.54) is 0 Å². The minimum Gasteiger partial charge on any atom is -0.726 e. The smallest absolute Gasteiger partial charge is 0.215 e. The van der Waals surface area contributed by atoms with Crippen molar-refractivity contribution in [1.82, 2.24) is 0 Å². The van der Waals surface area contributed by atoms with Crippen LogP contribution in [-0.4, -0.2) is 22.6 Å². The summed E-state index contributed by atoms with van der Waals surface area (Å²) >= 11 is 0. The molecule has 0 aromatic heterocycles. The summed E-state index contributed by atoms with van der Waals surface area (Å²) in [6.45, 7) is 0.140. The maximum atomic E-state index is 8.63. The first-order valence-corrected chi connectivity index (χ1v) is 4.85. The van der Waals surface area contributed by atoms with Gasteiger partial charge in [0.05, 0.1) is 12.0 Å². The van der Waals surface area contributed by atoms with E-state index in [1.54, 1.807) is 0 Å². The lowest BCUT2D eigenvalue weighted by Crippen LogP contribution is -2.11. The number of hydrogen-bond acceptors (Lipinski definition) is 5. The van der Waals surface area contributed by atoms with Gasteiger partial charge in [-0.2, -0.15) is 0 Å². The second kappa shape index (κ2) is 9.04. The number of hydrogen-bond donors (Lipinski definition) is 3. The molecule has 1 aromatic carbocycles. The second-order valence-corrected chi connectivity index (χ2v) is 2.93. The molecule has 0 aliphatic rings. The van der Waals surface area contributed by atoms with Crippen LogP contribution in [-0.2, 0) is 17.0 Å². The van der Waals surface area contributed by atoms with Gasteiger partial charge in [-0.1, -0.05) is 30.3 Å². The standard InChI is InChI=1S/C7H8O.N2.H2O4S/c8-6-7-4-2-1-3-5-7;1-2;1-5(2,3)4/h1-5,8H,6H2;;(H2,1,2,3,4). The molecule has 0 aliphatic carbocycles. The third-order valence-electron chi connectivity index (χ3n) is 1.03. The van der Waals surface area contributed by atoms with E-state index in [2.05, 4.69) is 0 Å². The van der Waals surface area contributed by atoms with E-state index in [0.717, 1.165) is 5.56 Å². The van der Waals surface area contributed by atoms with Crippen LogP contribution in [0.25, 0.3) is 0 Å². The van der Waals surface area contributed by atoms with Crippen molar-refractivity contribution in [2.45, 2.75) is 6.61 Å². The van der Waals surface area contributed by atoms with Crippen molar-refractivity contribution in [3.05, 3.63) is 35.9 Å². The summed E-state index contributed by atoms with van der Waals surface area (Å²) in [5.74, 6) is 0. The van der Waals surface area contributed by atoms with Crippen LogP contribution in [0.5, 0.6) is 0 Å². The summed E-state index contributed by atoms with van der Waals surface area (Å²) < 4.78 is 32.8. The molecule has 0 heterocycles. The normalized spacial score (nSPS) is 8.87. The number of diazo groups is 1. The van der Waals surface area contributed by atoms with Crippen molar-refractivity contribution in [1.29, 1.82) is 5.39 Å². The van der Waals surface area contributed by atoms with Crippen LogP contribution in [0.2, 0.25) is 0 Å². The van der Waals surface area contributed by atoms with Gasteiger partial charge in [-0.15, -0.1) is 0 Å². The highest BCUT2D eigenvalue weighted by atomic mass is 32.3. The molecule has 0 bridgehead atoms. The molecule has 3 N–H and O–H groups in total. The highest BCUT2D eigenvalue weighted by Gasteiger charge is 1.81. The highest BCUT2D eigenvalue weighted by Crippen LogP contribution is 1.95. The zero-order chi connectivity index (χ0) is 12.3. The third-order valence-corrected chi connectivity index (χ3v) is 1.03. The lowest BCUT2D eigenvalue weighted by molar-refractivity contribution is -0.175. The number of benzene rings is 1. The summed E-state index contributed by atoms with van der Waals surface area (Å²) in [5, 5.41) is 19.5. The summed E-state index contributed by atoms with van der Waals surface area (Å²) in [7, 11) is -4.92. The molecule has 15 heavy (non-hydrogen) atoms. The molecule has 0 amide bonds. The average Bonchev–Trinajstić information content (AvgIpc) is 2.20. The SMILES string of the molecule is N#[NH+].O=S(=O)([O-])O.OCc1ccccc1. The molecule has 0 fully saturated rings. The second-order valence-electron chi connectivity index (χ2n) is 2.07. The van der Waals surface area contributed by atoms with Crippen molar-refractivity contribution >= 4 is 10.4 Å². The molecule has 1 aromatic rings. The summed E-state index contributed by atoms with van der Waals surface area (Å²) in [5.41, 5.74) is 0.965. The van der Waals surface area contributed by atoms with Crippen LogP contribution in [0.3, 0.4) is 0 Å². The van der Waals surface area contributed by atoms with Crippen molar-refractivity contribution < 1.29 is 28.0 Å². The maximum absolute atomic E-state index is 8.63. The third kappa shape index (κ3) is 19.1. The van der Waals surface area contributed by atoms with Crippen LogP contribution in [0.15, 0.2) is 30.3 Å². The predicted molar refractivity (Wildman–Crippen MR) is 47.4 cm³/mol. The Morgan fingerprint density at radius 3 is 1.80 bits per heavy atom. The first-order chi connectivity index (χ1) is 6.93. The zero-order valence-corrected chi connectivity index (χ0v) is 8.38. The van der Waals surface area contributed by atoms with Crippen molar-refractivity contribution in [3.8, 4) is 0 Å². The van der Waals surface area contributed by atoms with Crippen LogP contribution in [0.1, 0.15) is 5.56 Å². The fourth-order valence-electron chi connectivity index (χ4n) is 0.583. The van der Waals surface area contributed by atoms with Crippen molar-refractivity contribution in [3.63, 3.8) is 0 Å². The van der Waals surface area contributed by atoms with E-state index in [4.69, 9.17) is 33.4 Å². The lowest BCUT2D eigenvalue weighted by atomic mass is 10.2. The fourth-order valence-corrected chi connectivity index (χ4v) is 0.583. The number of nitrogens with one attached hydrogen (secondary N) is 1. The fraction of sp³-hybridized carbons (Fsp3) is 0.143. The Kier molecular flexibility index (Phi) is 9.60. The molecule has 1 rings (SSSR count). The Bertz CT molecular complexity index is 353. The van der Waals surface area contributed by atoms with Gasteiger partial charge in [0.25, 0.3) is 0 Å². The monoisotopic (exact) mass is 234 g/mol. The highest BCUT2D eigenvalue weighted by molar-refractivity contribution is 7.79. The Hall–Kier alpha value is -1.53. The van der Waals surface area contributed by atoms with Crippen LogP contribution < -0.4 is 5.39 Å². The van der Waals surface area contributed by atoms with Crippen LogP contribution >= 0.6 is 0 Å². The molecule has 0 spiro atoms. The Balaban J connectivity index is 0. The van der Waals surface area contributed by atoms with Gasteiger partial charge in [-0.05, 0) is 5.56 Å². The molecule has 0 radical (unpaired) electrons. The molecular formula is C7H10N2O5S. The van der Waals surface area contributed by atoms with Gasteiger partial charge >= 0.3 is 0 Å². The minimum atomic E-state index is -4.92. The molecule has 7 nitrogen and oxygen atoms in total. The van der Waals surface area contributed by atoms with E-state index < -0.39 is 10.4 Å². The van der Waals surface area contributed by atoms with E-state index in [-0.39, 0.29) is 6.61 Å². The number of aliphatic hydroxyl groups excluding tert-OH is 1. The largest absolute Gasteiger partial charge is 0.726 e. The summed E-state index contributed by atoms with van der Waals surface area (Å²) in [6.07, 6.45) is 0. The summed E-state index contributed by atoms with van der Waals surface area (Å²) in [6, 6.07) is 9.52. The Morgan fingerprint density at radius 1 is 1.27 bits per heavy atom. The van der Waals surface area contributed by atoms with E-state index in [0.29, 0.717) is 0 Å². The number of aliphatic hydroxyl groups is 1. The lowest BCUT2D eigenvalue weighted by Gasteiger charge is -1.89. The topological polar surface area (TPSA) is 145 Å². The van der Waals surface area contributed by atoms with Gasteiger partial charge in [0.2, 0.25) is 15.8 Å². The predicted octanol–water partition coefficient (Wildman–Crippen LogP) is -1.54. The van der Waals surface area contributed by atoms with Gasteiger partial charge in [-0.25, -0.2) is 8.42 Å². The van der Waals surface area contributed by atoms with Crippen LogP contribution in [0, 0.1) is 5.39 Å². The van der Waals surface area contributed by atoms with Crippen molar-refractivity contribution in [2.75, 3.05) is 0 Å². The molecule has 8 heteroatoms. The van der Waals surface area contributed by atoms with Crippen molar-refractivity contribution in [2.24, 2.45) is 0 Å². The van der Waals surface area contributed by atoms with Gasteiger partial charge in [0.1, 0.15) is 0 Å². The van der Waals surface area contributed by atoms with E-state index in [9.17, 15) is 0 Å². The molecule has 84 valence electrons. The number of rotatable bonds is 1. The van der Waals surface area contributed by atoms with Gasteiger partial charge < -0.3 is 9.66 Å². The first-order valence-electron chi connectivity index (χ1n) is 3.49. The Morgan fingerprint density at radius 2 is 1.60 bits per heavy atom. The number of nitrogens with zero attached hydrogens (tertiary/aromatic N) is 1. The zero-order valence-electron chi connectivity index (χ0n) is 7.57. The van der Waals surface area contributed by atoms with Gasteiger partial charge in [-0.3, -0.25) is 4.55 Å². The molecule has 0 atom stereocenters.